The largest absolute Gasteiger partial charge is 0.347 e. The van der Waals surface area contributed by atoms with E-state index in [1.54, 1.807) is 0 Å². The molecule has 15 heavy (non-hydrogen) atoms. The van der Waals surface area contributed by atoms with Crippen molar-refractivity contribution in [1.82, 2.24) is 4.57 Å². The Labute approximate surface area is 89.7 Å². The van der Waals surface area contributed by atoms with Gasteiger partial charge in [0.15, 0.2) is 0 Å². The zero-order valence-electron chi connectivity index (χ0n) is 9.03. The maximum atomic E-state index is 6.04. The molecule has 0 fully saturated rings. The minimum atomic E-state index is 0.350. The molecule has 0 amide bonds. The Morgan fingerprint density at radius 1 is 1.33 bits per heavy atom. The van der Waals surface area contributed by atoms with Crippen molar-refractivity contribution in [3.8, 4) is 0 Å². The number of nitrogens with zero attached hydrogens (tertiary/aromatic N) is 1. The predicted octanol–water partition coefficient (Wildman–Crippen LogP) is 1.99. The number of para-hydroxylation sites is 1. The van der Waals surface area contributed by atoms with E-state index in [0.29, 0.717) is 6.04 Å². The number of nitrogens with two attached hydrogens (primary N) is 1. The van der Waals surface area contributed by atoms with Gasteiger partial charge in [-0.1, -0.05) is 18.2 Å². The summed E-state index contributed by atoms with van der Waals surface area (Å²) < 4.78 is 2.33. The van der Waals surface area contributed by atoms with Crippen LogP contribution in [-0.2, 0) is 19.9 Å². The highest BCUT2D eigenvalue weighted by Crippen LogP contribution is 2.30. The fourth-order valence-corrected chi connectivity index (χ4v) is 2.76. The van der Waals surface area contributed by atoms with Crippen LogP contribution in [-0.4, -0.2) is 10.6 Å². The molecule has 2 N–H and O–H groups in total. The van der Waals surface area contributed by atoms with E-state index in [0.717, 1.165) is 19.3 Å². The average molecular weight is 200 g/mol. The van der Waals surface area contributed by atoms with Gasteiger partial charge in [0.05, 0.1) is 0 Å². The fraction of sp³-hybridized carbons (Fsp3) is 0.385. The van der Waals surface area contributed by atoms with Crippen molar-refractivity contribution in [3.63, 3.8) is 0 Å². The van der Waals surface area contributed by atoms with Crippen LogP contribution in [0.25, 0.3) is 10.9 Å². The van der Waals surface area contributed by atoms with E-state index in [2.05, 4.69) is 35.9 Å². The van der Waals surface area contributed by atoms with Crippen LogP contribution in [0.1, 0.15) is 17.7 Å². The lowest BCUT2D eigenvalue weighted by molar-refractivity contribution is 0.562. The van der Waals surface area contributed by atoms with Crippen molar-refractivity contribution in [2.75, 3.05) is 0 Å². The molecule has 2 heteroatoms. The van der Waals surface area contributed by atoms with Gasteiger partial charge in [-0.15, -0.1) is 0 Å². The molecule has 1 heterocycles. The highest BCUT2D eigenvalue weighted by atomic mass is 15.0. The molecule has 0 spiro atoms. The minimum Gasteiger partial charge on any atom is -0.347 e. The van der Waals surface area contributed by atoms with Gasteiger partial charge in [-0.25, -0.2) is 0 Å². The molecule has 1 aromatic carbocycles. The van der Waals surface area contributed by atoms with Crippen LogP contribution in [0.4, 0.5) is 0 Å². The summed E-state index contributed by atoms with van der Waals surface area (Å²) in [6.07, 6.45) is 3.29. The van der Waals surface area contributed by atoms with Crippen LogP contribution < -0.4 is 5.73 Å². The van der Waals surface area contributed by atoms with E-state index < -0.39 is 0 Å². The normalized spacial score (nSPS) is 20.5. The SMILES string of the molecule is Cn1c2c(c3ccccc31)CC(N)CC2. The third kappa shape index (κ3) is 1.21. The van der Waals surface area contributed by atoms with Crippen molar-refractivity contribution in [2.45, 2.75) is 25.3 Å². The van der Waals surface area contributed by atoms with Crippen molar-refractivity contribution in [2.24, 2.45) is 12.8 Å². The van der Waals surface area contributed by atoms with Gasteiger partial charge in [0.2, 0.25) is 0 Å². The summed E-state index contributed by atoms with van der Waals surface area (Å²) in [5.74, 6) is 0. The number of fused-ring (bicyclic) bond motifs is 3. The third-order valence-electron chi connectivity index (χ3n) is 3.56. The highest BCUT2D eigenvalue weighted by Gasteiger charge is 2.21. The van der Waals surface area contributed by atoms with Crippen LogP contribution in [0.5, 0.6) is 0 Å². The predicted molar refractivity (Wildman–Crippen MR) is 62.9 cm³/mol. The topological polar surface area (TPSA) is 30.9 Å². The van der Waals surface area contributed by atoms with Crippen LogP contribution in [0.3, 0.4) is 0 Å². The standard InChI is InChI=1S/C13H16N2/c1-15-12-5-3-2-4-10(12)11-8-9(14)6-7-13(11)15/h2-5,9H,6-8,14H2,1H3. The molecule has 0 saturated heterocycles. The van der Waals surface area contributed by atoms with Crippen LogP contribution >= 0.6 is 0 Å². The summed E-state index contributed by atoms with van der Waals surface area (Å²) >= 11 is 0. The molecule has 78 valence electrons. The number of aromatic nitrogens is 1. The number of rotatable bonds is 0. The molecule has 1 unspecified atom stereocenters. The number of aryl methyl sites for hydroxylation is 1. The van der Waals surface area contributed by atoms with E-state index >= 15 is 0 Å². The second-order valence-corrected chi connectivity index (χ2v) is 4.50. The second kappa shape index (κ2) is 3.11. The quantitative estimate of drug-likeness (QED) is 0.692. The molecule has 2 aromatic rings. The number of hydrogen-bond donors (Lipinski definition) is 1. The smallest absolute Gasteiger partial charge is 0.0482 e. The third-order valence-corrected chi connectivity index (χ3v) is 3.56. The fourth-order valence-electron chi connectivity index (χ4n) is 2.76. The van der Waals surface area contributed by atoms with Crippen molar-refractivity contribution < 1.29 is 0 Å². The monoisotopic (exact) mass is 200 g/mol. The van der Waals surface area contributed by atoms with E-state index in [4.69, 9.17) is 5.73 Å². The lowest BCUT2D eigenvalue weighted by Gasteiger charge is -2.19. The van der Waals surface area contributed by atoms with Crippen LogP contribution in [0.15, 0.2) is 24.3 Å². The van der Waals surface area contributed by atoms with Crippen LogP contribution in [0, 0.1) is 0 Å². The van der Waals surface area contributed by atoms with Crippen molar-refractivity contribution in [1.29, 1.82) is 0 Å². The summed E-state index contributed by atoms with van der Waals surface area (Å²) in [6, 6.07) is 8.98. The molecule has 3 rings (SSSR count). The molecular formula is C13H16N2. The lowest BCUT2D eigenvalue weighted by atomic mass is 9.92. The van der Waals surface area contributed by atoms with Crippen molar-refractivity contribution in [3.05, 3.63) is 35.5 Å². The van der Waals surface area contributed by atoms with Crippen LogP contribution in [0.2, 0.25) is 0 Å². The van der Waals surface area contributed by atoms with Gasteiger partial charge in [0, 0.05) is 29.7 Å². The Kier molecular flexibility index (Phi) is 1.86. The summed E-state index contributed by atoms with van der Waals surface area (Å²) in [7, 11) is 2.16. The summed E-state index contributed by atoms with van der Waals surface area (Å²) in [4.78, 5) is 0. The Bertz CT molecular complexity index is 510. The van der Waals surface area contributed by atoms with Gasteiger partial charge in [0.1, 0.15) is 0 Å². The first-order valence-electron chi connectivity index (χ1n) is 5.58. The summed E-state index contributed by atoms with van der Waals surface area (Å²) in [6.45, 7) is 0. The molecule has 0 aliphatic heterocycles. The molecular weight excluding hydrogens is 184 g/mol. The average Bonchev–Trinajstić information content (AvgIpc) is 2.54. The number of hydrogen-bond acceptors (Lipinski definition) is 1. The summed E-state index contributed by atoms with van der Waals surface area (Å²) in [5.41, 5.74) is 10.3. The van der Waals surface area contributed by atoms with Gasteiger partial charge in [-0.2, -0.15) is 0 Å². The van der Waals surface area contributed by atoms with Gasteiger partial charge in [-0.05, 0) is 30.9 Å². The van der Waals surface area contributed by atoms with Crippen molar-refractivity contribution >= 4 is 10.9 Å². The first kappa shape index (κ1) is 8.98. The molecule has 1 aliphatic carbocycles. The Morgan fingerprint density at radius 3 is 3.00 bits per heavy atom. The van der Waals surface area contributed by atoms with E-state index in [9.17, 15) is 0 Å². The molecule has 1 atom stereocenters. The molecule has 0 radical (unpaired) electrons. The molecule has 2 nitrogen and oxygen atoms in total. The highest BCUT2D eigenvalue weighted by molar-refractivity contribution is 5.85. The number of benzene rings is 1. The van der Waals surface area contributed by atoms with E-state index in [1.807, 2.05) is 0 Å². The van der Waals surface area contributed by atoms with Gasteiger partial charge < -0.3 is 10.3 Å². The maximum absolute atomic E-state index is 6.04. The van der Waals surface area contributed by atoms with E-state index in [-0.39, 0.29) is 0 Å². The second-order valence-electron chi connectivity index (χ2n) is 4.50. The minimum absolute atomic E-state index is 0.350. The van der Waals surface area contributed by atoms with E-state index in [1.165, 1.54) is 22.2 Å². The maximum Gasteiger partial charge on any atom is 0.0482 e. The lowest BCUT2D eigenvalue weighted by Crippen LogP contribution is -2.28. The zero-order chi connectivity index (χ0) is 10.4. The Morgan fingerprint density at radius 2 is 2.13 bits per heavy atom. The summed E-state index contributed by atoms with van der Waals surface area (Å²) in [5, 5.41) is 1.39. The van der Waals surface area contributed by atoms with Gasteiger partial charge in [-0.3, -0.25) is 0 Å². The zero-order valence-corrected chi connectivity index (χ0v) is 9.03. The van der Waals surface area contributed by atoms with Gasteiger partial charge in [0.25, 0.3) is 0 Å². The molecule has 1 aliphatic rings. The Balaban J connectivity index is 2.33. The molecule has 0 saturated carbocycles. The molecule has 1 aromatic heterocycles. The van der Waals surface area contributed by atoms with Gasteiger partial charge >= 0.3 is 0 Å². The Hall–Kier alpha value is -1.28. The molecule has 0 bridgehead atoms. The first-order chi connectivity index (χ1) is 7.27. The first-order valence-corrected chi connectivity index (χ1v) is 5.58.